The largest absolute Gasteiger partial charge is 0.338 e. The lowest BCUT2D eigenvalue weighted by molar-refractivity contribution is -0.146. The van der Waals surface area contributed by atoms with Crippen LogP contribution in [0.4, 0.5) is 4.39 Å². The number of likely N-dealkylation sites (tertiary alicyclic amines) is 2. The lowest BCUT2D eigenvalue weighted by atomic mass is 9.78. The van der Waals surface area contributed by atoms with E-state index in [1.807, 2.05) is 4.90 Å². The molecule has 2 aliphatic heterocycles. The summed E-state index contributed by atoms with van der Waals surface area (Å²) in [5.74, 6) is -0.395. The number of piperidine rings is 1. The number of nitrogens with zero attached hydrogens (tertiary/aromatic N) is 2. The standard InChI is InChI=1S/C21H22FN3O3/c22-17-5-2-15(3-6-17)13-24-10-1-8-21(20(24)28)9-11-25(14-21)19(27)16-4-7-18(26)23-12-16/h2-7,12H,1,8-11,13-14H2,(H,23,26). The lowest BCUT2D eigenvalue weighted by Gasteiger charge is -2.39. The minimum absolute atomic E-state index is 0.0693. The zero-order chi connectivity index (χ0) is 19.7. The molecule has 1 N–H and O–H groups in total. The minimum atomic E-state index is -0.546. The number of aromatic nitrogens is 1. The van der Waals surface area contributed by atoms with E-state index in [4.69, 9.17) is 0 Å². The smallest absolute Gasteiger partial charge is 0.255 e. The molecule has 0 bridgehead atoms. The third-order valence-corrected chi connectivity index (χ3v) is 5.78. The van der Waals surface area contributed by atoms with E-state index in [0.29, 0.717) is 38.2 Å². The number of carbonyl (C=O) groups excluding carboxylic acids is 2. The Morgan fingerprint density at radius 3 is 2.57 bits per heavy atom. The van der Waals surface area contributed by atoms with Gasteiger partial charge >= 0.3 is 0 Å². The fraction of sp³-hybridized carbons (Fsp3) is 0.381. The number of pyridine rings is 1. The van der Waals surface area contributed by atoms with Crippen LogP contribution in [-0.2, 0) is 11.3 Å². The first-order valence-electron chi connectivity index (χ1n) is 9.49. The second-order valence-electron chi connectivity index (χ2n) is 7.66. The summed E-state index contributed by atoms with van der Waals surface area (Å²) in [5, 5.41) is 0. The molecule has 6 nitrogen and oxygen atoms in total. The van der Waals surface area contributed by atoms with Gasteiger partial charge in [0, 0.05) is 38.4 Å². The van der Waals surface area contributed by atoms with Crippen LogP contribution in [0.5, 0.6) is 0 Å². The summed E-state index contributed by atoms with van der Waals surface area (Å²) in [7, 11) is 0. The highest BCUT2D eigenvalue weighted by Gasteiger charge is 2.49. The number of carbonyl (C=O) groups is 2. The van der Waals surface area contributed by atoms with Crippen molar-refractivity contribution in [3.8, 4) is 0 Å². The molecule has 3 heterocycles. The molecule has 0 saturated carbocycles. The first-order chi connectivity index (χ1) is 13.5. The number of H-pyrrole nitrogens is 1. The number of hydrogen-bond acceptors (Lipinski definition) is 3. The van der Waals surface area contributed by atoms with Crippen molar-refractivity contribution in [1.82, 2.24) is 14.8 Å². The zero-order valence-corrected chi connectivity index (χ0v) is 15.5. The van der Waals surface area contributed by atoms with Crippen molar-refractivity contribution in [2.45, 2.75) is 25.8 Å². The van der Waals surface area contributed by atoms with Crippen LogP contribution in [0.2, 0.25) is 0 Å². The van der Waals surface area contributed by atoms with E-state index in [1.54, 1.807) is 17.0 Å². The van der Waals surface area contributed by atoms with Crippen molar-refractivity contribution < 1.29 is 14.0 Å². The SMILES string of the molecule is O=C(c1ccc(=O)[nH]c1)N1CCC2(CCCN(Cc3ccc(F)cc3)C2=O)C1. The number of aromatic amines is 1. The Balaban J connectivity index is 1.47. The van der Waals surface area contributed by atoms with Gasteiger partial charge in [0.15, 0.2) is 0 Å². The number of benzene rings is 1. The van der Waals surface area contributed by atoms with Gasteiger partial charge in [-0.3, -0.25) is 14.4 Å². The monoisotopic (exact) mass is 383 g/mol. The molecule has 2 aliphatic rings. The Hall–Kier alpha value is -2.96. The molecule has 1 aromatic carbocycles. The third-order valence-electron chi connectivity index (χ3n) is 5.78. The van der Waals surface area contributed by atoms with Gasteiger partial charge in [0.1, 0.15) is 5.82 Å². The maximum Gasteiger partial charge on any atom is 0.255 e. The average Bonchev–Trinajstić information content (AvgIpc) is 3.12. The Labute approximate surface area is 162 Å². The first kappa shape index (κ1) is 18.4. The molecular formula is C21H22FN3O3. The molecule has 4 rings (SSSR count). The highest BCUT2D eigenvalue weighted by molar-refractivity contribution is 5.95. The number of hydrogen-bond donors (Lipinski definition) is 1. The lowest BCUT2D eigenvalue weighted by Crippen LogP contribution is -2.50. The summed E-state index contributed by atoms with van der Waals surface area (Å²) >= 11 is 0. The van der Waals surface area contributed by atoms with Crippen molar-refractivity contribution in [2.24, 2.45) is 5.41 Å². The second kappa shape index (κ2) is 7.22. The highest BCUT2D eigenvalue weighted by atomic mass is 19.1. The molecule has 1 atom stereocenters. The van der Waals surface area contributed by atoms with Crippen molar-refractivity contribution >= 4 is 11.8 Å². The molecule has 1 spiro atoms. The Morgan fingerprint density at radius 1 is 1.07 bits per heavy atom. The van der Waals surface area contributed by atoms with Crippen molar-refractivity contribution in [1.29, 1.82) is 0 Å². The van der Waals surface area contributed by atoms with E-state index >= 15 is 0 Å². The Morgan fingerprint density at radius 2 is 1.86 bits per heavy atom. The van der Waals surface area contributed by atoms with Crippen LogP contribution in [0, 0.1) is 11.2 Å². The van der Waals surface area contributed by atoms with Crippen LogP contribution in [-0.4, -0.2) is 46.2 Å². The Kier molecular flexibility index (Phi) is 4.75. The van der Waals surface area contributed by atoms with E-state index in [9.17, 15) is 18.8 Å². The summed E-state index contributed by atoms with van der Waals surface area (Å²) < 4.78 is 13.1. The van der Waals surface area contributed by atoms with E-state index in [-0.39, 0.29) is 23.2 Å². The van der Waals surface area contributed by atoms with Gasteiger partial charge in [0.2, 0.25) is 11.5 Å². The van der Waals surface area contributed by atoms with Crippen LogP contribution < -0.4 is 5.56 Å². The summed E-state index contributed by atoms with van der Waals surface area (Å²) in [5.41, 5.74) is 0.512. The summed E-state index contributed by atoms with van der Waals surface area (Å²) in [6, 6.07) is 9.04. The van der Waals surface area contributed by atoms with E-state index in [0.717, 1.165) is 18.4 Å². The summed E-state index contributed by atoms with van der Waals surface area (Å²) in [4.78, 5) is 43.2. The second-order valence-corrected chi connectivity index (χ2v) is 7.66. The molecule has 0 aliphatic carbocycles. The van der Waals surface area contributed by atoms with Gasteiger partial charge in [0.25, 0.3) is 5.91 Å². The fourth-order valence-corrected chi connectivity index (χ4v) is 4.26. The van der Waals surface area contributed by atoms with E-state index in [1.165, 1.54) is 30.5 Å². The maximum atomic E-state index is 13.2. The molecule has 1 unspecified atom stereocenters. The van der Waals surface area contributed by atoms with Gasteiger partial charge in [0.05, 0.1) is 11.0 Å². The molecule has 7 heteroatoms. The van der Waals surface area contributed by atoms with Crippen LogP contribution in [0.25, 0.3) is 0 Å². The van der Waals surface area contributed by atoms with Gasteiger partial charge in [-0.05, 0) is 43.0 Å². The van der Waals surface area contributed by atoms with Gasteiger partial charge in [-0.1, -0.05) is 12.1 Å². The van der Waals surface area contributed by atoms with Crippen molar-refractivity contribution in [2.75, 3.05) is 19.6 Å². The molecule has 28 heavy (non-hydrogen) atoms. The number of halogens is 1. The van der Waals surface area contributed by atoms with E-state index in [2.05, 4.69) is 4.98 Å². The molecule has 2 fully saturated rings. The molecular weight excluding hydrogens is 361 g/mol. The normalized spacial score (nSPS) is 22.1. The number of nitrogens with one attached hydrogen (secondary N) is 1. The molecule has 2 aromatic rings. The quantitative estimate of drug-likeness (QED) is 0.883. The van der Waals surface area contributed by atoms with Crippen molar-refractivity contribution in [3.05, 3.63) is 69.9 Å². The summed E-state index contributed by atoms with van der Waals surface area (Å²) in [6.07, 6.45) is 3.70. The third kappa shape index (κ3) is 3.44. The molecule has 0 radical (unpaired) electrons. The van der Waals surface area contributed by atoms with Gasteiger partial charge in [-0.25, -0.2) is 4.39 Å². The Bertz CT molecular complexity index is 936. The van der Waals surface area contributed by atoms with E-state index < -0.39 is 5.41 Å². The van der Waals surface area contributed by atoms with Crippen LogP contribution in [0.1, 0.15) is 35.2 Å². The predicted octanol–water partition coefficient (Wildman–Crippen LogP) is 2.17. The summed E-state index contributed by atoms with van der Waals surface area (Å²) in [6.45, 7) is 2.04. The average molecular weight is 383 g/mol. The highest BCUT2D eigenvalue weighted by Crippen LogP contribution is 2.40. The van der Waals surface area contributed by atoms with Crippen LogP contribution in [0.3, 0.4) is 0 Å². The maximum absolute atomic E-state index is 13.2. The zero-order valence-electron chi connectivity index (χ0n) is 15.5. The number of amides is 2. The fourth-order valence-electron chi connectivity index (χ4n) is 4.26. The first-order valence-corrected chi connectivity index (χ1v) is 9.49. The molecule has 1 aromatic heterocycles. The van der Waals surface area contributed by atoms with Gasteiger partial charge in [-0.2, -0.15) is 0 Å². The van der Waals surface area contributed by atoms with Crippen LogP contribution in [0.15, 0.2) is 47.4 Å². The predicted molar refractivity (Wildman–Crippen MR) is 101 cm³/mol. The van der Waals surface area contributed by atoms with Crippen LogP contribution >= 0.6 is 0 Å². The molecule has 2 saturated heterocycles. The van der Waals surface area contributed by atoms with Gasteiger partial charge < -0.3 is 14.8 Å². The van der Waals surface area contributed by atoms with Crippen molar-refractivity contribution in [3.63, 3.8) is 0 Å². The molecule has 146 valence electrons. The number of rotatable bonds is 3. The minimum Gasteiger partial charge on any atom is -0.338 e. The molecule has 2 amide bonds. The van der Waals surface area contributed by atoms with Gasteiger partial charge in [-0.15, -0.1) is 0 Å². The topological polar surface area (TPSA) is 73.5 Å².